The second-order valence-corrected chi connectivity index (χ2v) is 6.24. The fourth-order valence-electron chi connectivity index (χ4n) is 2.89. The minimum Gasteiger partial charge on any atom is -0.311 e. The van der Waals surface area contributed by atoms with Crippen molar-refractivity contribution in [3.05, 3.63) is 35.4 Å². The van der Waals surface area contributed by atoms with Gasteiger partial charge in [-0.2, -0.15) is 0 Å². The summed E-state index contributed by atoms with van der Waals surface area (Å²) < 4.78 is 27.1. The molecule has 1 fully saturated rings. The van der Waals surface area contributed by atoms with E-state index in [0.29, 0.717) is 30.1 Å². The Morgan fingerprint density at radius 3 is 2.80 bits per heavy atom. The number of nitrogens with zero attached hydrogens (tertiary/aromatic N) is 1. The molecule has 2 atom stereocenters. The fraction of sp³-hybridized carbons (Fsp3) is 0.625. The highest BCUT2D eigenvalue weighted by Gasteiger charge is 2.27. The van der Waals surface area contributed by atoms with E-state index in [2.05, 4.69) is 31.0 Å². The van der Waals surface area contributed by atoms with E-state index in [1.54, 1.807) is 12.1 Å². The number of halogens is 2. The van der Waals surface area contributed by atoms with Crippen LogP contribution in [-0.4, -0.2) is 30.1 Å². The standard InChI is InChI=1S/C16H24F2N2/c1-11(2)7-14-8-19-12(3)9-20(14)10-13-5-4-6-15(17)16(13)18/h4-6,11-12,14,19H,7-10H2,1-3H3. The van der Waals surface area contributed by atoms with E-state index in [4.69, 9.17) is 0 Å². The maximum Gasteiger partial charge on any atom is 0.163 e. The lowest BCUT2D eigenvalue weighted by molar-refractivity contribution is 0.110. The second kappa shape index (κ2) is 6.64. The number of rotatable bonds is 4. The van der Waals surface area contributed by atoms with Crippen molar-refractivity contribution in [3.63, 3.8) is 0 Å². The van der Waals surface area contributed by atoms with Crippen molar-refractivity contribution in [2.45, 2.75) is 45.8 Å². The van der Waals surface area contributed by atoms with Gasteiger partial charge < -0.3 is 5.32 Å². The minimum atomic E-state index is -0.758. The number of piperazine rings is 1. The predicted octanol–water partition coefficient (Wildman–Crippen LogP) is 3.17. The molecule has 1 heterocycles. The van der Waals surface area contributed by atoms with Gasteiger partial charge in [-0.1, -0.05) is 26.0 Å². The summed E-state index contributed by atoms with van der Waals surface area (Å²) in [4.78, 5) is 2.28. The lowest BCUT2D eigenvalue weighted by atomic mass is 9.98. The SMILES string of the molecule is CC(C)CC1CNC(C)CN1Cc1cccc(F)c1F. The molecule has 20 heavy (non-hydrogen) atoms. The van der Waals surface area contributed by atoms with E-state index in [1.807, 2.05) is 0 Å². The van der Waals surface area contributed by atoms with Crippen LogP contribution in [0, 0.1) is 17.6 Å². The topological polar surface area (TPSA) is 15.3 Å². The van der Waals surface area contributed by atoms with Crippen LogP contribution in [0.5, 0.6) is 0 Å². The van der Waals surface area contributed by atoms with Gasteiger partial charge in [0.15, 0.2) is 11.6 Å². The van der Waals surface area contributed by atoms with Crippen LogP contribution in [0.4, 0.5) is 8.78 Å². The smallest absolute Gasteiger partial charge is 0.163 e. The van der Waals surface area contributed by atoms with Crippen LogP contribution in [0.25, 0.3) is 0 Å². The largest absolute Gasteiger partial charge is 0.311 e. The Balaban J connectivity index is 2.12. The molecule has 2 rings (SSSR count). The van der Waals surface area contributed by atoms with Crippen molar-refractivity contribution in [1.29, 1.82) is 0 Å². The van der Waals surface area contributed by atoms with Crippen LogP contribution in [0.2, 0.25) is 0 Å². The Morgan fingerprint density at radius 2 is 2.10 bits per heavy atom. The normalized spacial score (nSPS) is 24.3. The number of hydrogen-bond acceptors (Lipinski definition) is 2. The average Bonchev–Trinajstić information content (AvgIpc) is 2.38. The van der Waals surface area contributed by atoms with Gasteiger partial charge in [-0.3, -0.25) is 4.90 Å². The highest BCUT2D eigenvalue weighted by atomic mass is 19.2. The average molecular weight is 282 g/mol. The van der Waals surface area contributed by atoms with E-state index in [-0.39, 0.29) is 0 Å². The third-order valence-electron chi connectivity index (χ3n) is 3.88. The summed E-state index contributed by atoms with van der Waals surface area (Å²) in [6, 6.07) is 5.20. The quantitative estimate of drug-likeness (QED) is 0.912. The summed E-state index contributed by atoms with van der Waals surface area (Å²) >= 11 is 0. The van der Waals surface area contributed by atoms with Crippen molar-refractivity contribution in [2.24, 2.45) is 5.92 Å². The van der Waals surface area contributed by atoms with Gasteiger partial charge in [0.1, 0.15) is 0 Å². The zero-order chi connectivity index (χ0) is 14.7. The first-order valence-corrected chi connectivity index (χ1v) is 7.37. The van der Waals surface area contributed by atoms with Crippen molar-refractivity contribution in [3.8, 4) is 0 Å². The minimum absolute atomic E-state index is 0.383. The summed E-state index contributed by atoms with van der Waals surface area (Å²) in [6.07, 6.45) is 1.07. The van der Waals surface area contributed by atoms with Gasteiger partial charge in [0.05, 0.1) is 0 Å². The van der Waals surface area contributed by atoms with Gasteiger partial charge in [0.2, 0.25) is 0 Å². The highest BCUT2D eigenvalue weighted by molar-refractivity contribution is 5.19. The van der Waals surface area contributed by atoms with E-state index in [0.717, 1.165) is 19.5 Å². The predicted molar refractivity (Wildman–Crippen MR) is 77.5 cm³/mol. The van der Waals surface area contributed by atoms with Gasteiger partial charge in [0.25, 0.3) is 0 Å². The summed E-state index contributed by atoms with van der Waals surface area (Å²) in [5, 5.41) is 3.47. The molecule has 2 unspecified atom stereocenters. The van der Waals surface area contributed by atoms with E-state index in [1.165, 1.54) is 6.07 Å². The van der Waals surface area contributed by atoms with Gasteiger partial charge in [0, 0.05) is 37.3 Å². The highest BCUT2D eigenvalue weighted by Crippen LogP contribution is 2.20. The van der Waals surface area contributed by atoms with Crippen LogP contribution < -0.4 is 5.32 Å². The van der Waals surface area contributed by atoms with Gasteiger partial charge in [-0.25, -0.2) is 8.78 Å². The molecule has 1 aromatic carbocycles. The first kappa shape index (κ1) is 15.4. The molecule has 0 saturated carbocycles. The van der Waals surface area contributed by atoms with E-state index < -0.39 is 11.6 Å². The Bertz CT molecular complexity index is 448. The van der Waals surface area contributed by atoms with Crippen LogP contribution in [0.1, 0.15) is 32.8 Å². The molecule has 0 spiro atoms. The maximum atomic E-state index is 13.8. The molecule has 1 N–H and O–H groups in total. The first-order valence-electron chi connectivity index (χ1n) is 7.37. The van der Waals surface area contributed by atoms with Crippen molar-refractivity contribution in [1.82, 2.24) is 10.2 Å². The van der Waals surface area contributed by atoms with Crippen LogP contribution in [-0.2, 0) is 6.54 Å². The zero-order valence-electron chi connectivity index (χ0n) is 12.5. The first-order chi connectivity index (χ1) is 9.47. The molecule has 0 bridgehead atoms. The molecule has 0 aromatic heterocycles. The summed E-state index contributed by atoms with van der Waals surface area (Å²) in [6.45, 7) is 8.77. The molecule has 1 aromatic rings. The Morgan fingerprint density at radius 1 is 1.35 bits per heavy atom. The lowest BCUT2D eigenvalue weighted by Gasteiger charge is -2.40. The molecule has 1 aliphatic rings. The Kier molecular flexibility index (Phi) is 5.11. The van der Waals surface area contributed by atoms with Crippen molar-refractivity contribution in [2.75, 3.05) is 13.1 Å². The number of hydrogen-bond donors (Lipinski definition) is 1. The third-order valence-corrected chi connectivity index (χ3v) is 3.88. The maximum absolute atomic E-state index is 13.8. The molecule has 4 heteroatoms. The Labute approximate surface area is 120 Å². The fourth-order valence-corrected chi connectivity index (χ4v) is 2.89. The monoisotopic (exact) mass is 282 g/mol. The van der Waals surface area contributed by atoms with Crippen LogP contribution in [0.15, 0.2) is 18.2 Å². The van der Waals surface area contributed by atoms with Gasteiger partial charge in [-0.15, -0.1) is 0 Å². The zero-order valence-corrected chi connectivity index (χ0v) is 12.5. The van der Waals surface area contributed by atoms with Crippen molar-refractivity contribution < 1.29 is 8.78 Å². The van der Waals surface area contributed by atoms with Crippen LogP contribution in [0.3, 0.4) is 0 Å². The molecule has 0 amide bonds. The van der Waals surface area contributed by atoms with Gasteiger partial charge in [-0.05, 0) is 25.3 Å². The summed E-state index contributed by atoms with van der Waals surface area (Å²) in [7, 11) is 0. The number of benzene rings is 1. The molecule has 0 radical (unpaired) electrons. The molecule has 1 aliphatic heterocycles. The lowest BCUT2D eigenvalue weighted by Crippen LogP contribution is -2.55. The second-order valence-electron chi connectivity index (χ2n) is 6.24. The Hall–Kier alpha value is -1.00. The molecular formula is C16H24F2N2. The van der Waals surface area contributed by atoms with E-state index in [9.17, 15) is 8.78 Å². The molecule has 2 nitrogen and oxygen atoms in total. The van der Waals surface area contributed by atoms with Gasteiger partial charge >= 0.3 is 0 Å². The molecule has 0 aliphatic carbocycles. The van der Waals surface area contributed by atoms with E-state index >= 15 is 0 Å². The van der Waals surface area contributed by atoms with Crippen LogP contribution >= 0.6 is 0 Å². The molecule has 112 valence electrons. The third kappa shape index (κ3) is 3.76. The summed E-state index contributed by atoms with van der Waals surface area (Å²) in [5.74, 6) is -0.872. The number of nitrogens with one attached hydrogen (secondary N) is 1. The molecular weight excluding hydrogens is 258 g/mol. The molecule has 1 saturated heterocycles. The summed E-state index contributed by atoms with van der Waals surface area (Å²) in [5.41, 5.74) is 0.452. The van der Waals surface area contributed by atoms with Crippen molar-refractivity contribution >= 4 is 0 Å².